The highest BCUT2D eigenvalue weighted by Crippen LogP contribution is 2.11. The SMILES string of the molecule is C[C@@H](CCCN=C(N)N)C(=O)N[C@@H](CCCN=C(N)N)C(=O)N[C@@H](CCCN=C(N)N)C(=O)N[C@@H](CCCN=C(N)N)C(=O)N[C@@H](CCCN=C(N)N)C(=O)N[C@@H](CCCN=C(N)N)C(N)=O. The van der Waals surface area contributed by atoms with E-state index in [0.29, 0.717) is 12.8 Å². The Morgan fingerprint density at radius 1 is 0.313 bits per heavy atom. The maximum atomic E-state index is 14.2. The molecule has 0 heterocycles. The molecule has 30 heteroatoms. The molecule has 0 aromatic heterocycles. The number of carbonyl (C=O) groups is 6. The first-order valence-corrected chi connectivity index (χ1v) is 21.7. The second kappa shape index (κ2) is 33.9. The topological polar surface area (TPSA) is 575 Å². The molecular formula is C37H76N24O6. The molecule has 0 aliphatic rings. The van der Waals surface area contributed by atoms with Gasteiger partial charge >= 0.3 is 0 Å². The van der Waals surface area contributed by atoms with E-state index in [4.69, 9.17) is 74.5 Å². The zero-order valence-corrected chi connectivity index (χ0v) is 38.3. The zero-order valence-electron chi connectivity index (χ0n) is 38.3. The van der Waals surface area contributed by atoms with Gasteiger partial charge < -0.3 is 101 Å². The summed E-state index contributed by atoms with van der Waals surface area (Å²) >= 11 is 0. The van der Waals surface area contributed by atoms with Gasteiger partial charge in [0, 0.05) is 45.2 Å². The molecule has 0 bridgehead atoms. The number of nitrogens with zero attached hydrogens (tertiary/aromatic N) is 6. The molecule has 0 aliphatic carbocycles. The van der Waals surface area contributed by atoms with Gasteiger partial charge in [-0.2, -0.15) is 0 Å². The van der Waals surface area contributed by atoms with Crippen molar-refractivity contribution in [2.24, 2.45) is 110 Å². The van der Waals surface area contributed by atoms with Crippen molar-refractivity contribution in [1.82, 2.24) is 26.6 Å². The molecule has 6 atom stereocenters. The molecule has 31 N–H and O–H groups in total. The van der Waals surface area contributed by atoms with Crippen molar-refractivity contribution in [3.05, 3.63) is 0 Å². The summed E-state index contributed by atoms with van der Waals surface area (Å²) in [4.78, 5) is 105. The van der Waals surface area contributed by atoms with Crippen LogP contribution < -0.4 is 101 Å². The number of carbonyl (C=O) groups excluding carboxylic acids is 6. The fourth-order valence-electron chi connectivity index (χ4n) is 6.02. The predicted molar refractivity (Wildman–Crippen MR) is 257 cm³/mol. The van der Waals surface area contributed by atoms with Crippen LogP contribution in [0.2, 0.25) is 0 Å². The summed E-state index contributed by atoms with van der Waals surface area (Å²) in [5, 5.41) is 13.3. The standard InChI is InChI=1S/C37H76N24O6/c1-20(8-2-14-51-32(39)40)27(63)58-22(10-4-16-53-34(43)44)29(65)60-24(12-6-18-55-36(47)48)31(67)61-25(13-7-19-56-37(49)50)30(66)59-23(11-5-17-54-35(45)46)28(64)57-21(26(38)62)9-3-15-52-33(41)42/h20-25H,2-19H2,1H3,(H2,38,62)(H,57,64)(H,58,63)(H,59,66)(H,60,65)(H,61,67)(H4,39,40,51)(H4,41,42,52)(H4,43,44,53)(H4,45,46,54)(H4,47,48,55)(H4,49,50,56)/t20-,21-,22-,23-,24-,25-/m0/s1. The van der Waals surface area contributed by atoms with E-state index in [1.807, 2.05) is 0 Å². The Morgan fingerprint density at radius 3 is 0.731 bits per heavy atom. The monoisotopic (exact) mass is 953 g/mol. The molecule has 0 spiro atoms. The first kappa shape index (κ1) is 59.4. The Bertz CT molecular complexity index is 1750. The lowest BCUT2D eigenvalue weighted by atomic mass is 10.0. The van der Waals surface area contributed by atoms with Crippen LogP contribution in [0.4, 0.5) is 0 Å². The minimum atomic E-state index is -1.35. The van der Waals surface area contributed by atoms with Gasteiger partial charge in [-0.25, -0.2) is 0 Å². The Hall–Kier alpha value is -7.56. The Kier molecular flexibility index (Phi) is 30.1. The van der Waals surface area contributed by atoms with Crippen molar-refractivity contribution < 1.29 is 28.8 Å². The summed E-state index contributed by atoms with van der Waals surface area (Å²) in [5.41, 5.74) is 71.0. The number of rotatable bonds is 35. The fraction of sp³-hybridized carbons (Fsp3) is 0.676. The van der Waals surface area contributed by atoms with Crippen LogP contribution in [-0.2, 0) is 28.8 Å². The van der Waals surface area contributed by atoms with Gasteiger partial charge in [0.05, 0.1) is 0 Å². The number of nitrogens with two attached hydrogens (primary N) is 13. The molecule has 0 aromatic carbocycles. The van der Waals surface area contributed by atoms with Gasteiger partial charge in [0.15, 0.2) is 35.8 Å². The first-order chi connectivity index (χ1) is 31.5. The number of guanidine groups is 6. The second-order valence-corrected chi connectivity index (χ2v) is 15.3. The minimum Gasteiger partial charge on any atom is -0.370 e. The summed E-state index contributed by atoms with van der Waals surface area (Å²) in [6.45, 7) is 2.43. The molecule has 0 aromatic rings. The van der Waals surface area contributed by atoms with Crippen molar-refractivity contribution in [2.75, 3.05) is 39.3 Å². The van der Waals surface area contributed by atoms with Gasteiger partial charge in [-0.1, -0.05) is 6.92 Å². The highest BCUT2D eigenvalue weighted by Gasteiger charge is 2.32. The quantitative estimate of drug-likeness (QED) is 0.0159. The van der Waals surface area contributed by atoms with Crippen LogP contribution in [0.5, 0.6) is 0 Å². The lowest BCUT2D eigenvalue weighted by Gasteiger charge is -2.27. The molecule has 30 nitrogen and oxygen atoms in total. The van der Waals surface area contributed by atoms with E-state index in [1.54, 1.807) is 6.92 Å². The molecule has 0 rings (SSSR count). The van der Waals surface area contributed by atoms with Crippen LogP contribution in [0.15, 0.2) is 30.0 Å². The molecule has 0 radical (unpaired) electrons. The molecule has 0 saturated heterocycles. The van der Waals surface area contributed by atoms with Gasteiger partial charge in [0.1, 0.15) is 30.2 Å². The summed E-state index contributed by atoms with van der Waals surface area (Å²) in [6.07, 6.45) is 1.91. The van der Waals surface area contributed by atoms with Crippen molar-refractivity contribution in [3.63, 3.8) is 0 Å². The third-order valence-corrected chi connectivity index (χ3v) is 9.46. The smallest absolute Gasteiger partial charge is 0.243 e. The Morgan fingerprint density at radius 2 is 0.507 bits per heavy atom. The van der Waals surface area contributed by atoms with Crippen LogP contribution in [0.1, 0.15) is 84.0 Å². The maximum absolute atomic E-state index is 14.2. The van der Waals surface area contributed by atoms with Crippen LogP contribution in [-0.4, -0.2) is 141 Å². The van der Waals surface area contributed by atoms with Gasteiger partial charge in [-0.15, -0.1) is 0 Å². The molecule has 0 fully saturated rings. The van der Waals surface area contributed by atoms with Crippen molar-refractivity contribution in [2.45, 2.75) is 114 Å². The Balaban J connectivity index is 6.78. The average molecular weight is 953 g/mol. The first-order valence-electron chi connectivity index (χ1n) is 21.7. The highest BCUT2D eigenvalue weighted by atomic mass is 16.2. The van der Waals surface area contributed by atoms with Crippen LogP contribution in [0.3, 0.4) is 0 Å². The van der Waals surface area contributed by atoms with Crippen LogP contribution >= 0.6 is 0 Å². The third kappa shape index (κ3) is 30.3. The molecule has 0 saturated carbocycles. The largest absolute Gasteiger partial charge is 0.370 e. The normalized spacial score (nSPS) is 13.2. The number of amides is 6. The predicted octanol–water partition coefficient (Wildman–Crippen LogP) is -8.15. The number of nitrogens with one attached hydrogen (secondary N) is 5. The lowest BCUT2D eigenvalue weighted by molar-refractivity contribution is -0.135. The van der Waals surface area contributed by atoms with E-state index in [9.17, 15) is 28.8 Å². The summed E-state index contributed by atoms with van der Waals surface area (Å²) in [7, 11) is 0. The van der Waals surface area contributed by atoms with E-state index in [1.165, 1.54) is 0 Å². The van der Waals surface area contributed by atoms with E-state index >= 15 is 0 Å². The number of aliphatic imine (C=N–C) groups is 6. The number of hydrogen-bond acceptors (Lipinski definition) is 12. The number of hydrogen-bond donors (Lipinski definition) is 18. The molecule has 380 valence electrons. The number of primary amides is 1. The summed E-state index contributed by atoms with van der Waals surface area (Å²) in [5.74, 6) is -6.07. The van der Waals surface area contributed by atoms with Gasteiger partial charge in [-0.3, -0.25) is 58.7 Å². The lowest BCUT2D eigenvalue weighted by Crippen LogP contribution is -2.59. The van der Waals surface area contributed by atoms with Crippen LogP contribution in [0, 0.1) is 5.92 Å². The van der Waals surface area contributed by atoms with Crippen molar-refractivity contribution >= 4 is 71.2 Å². The fourth-order valence-corrected chi connectivity index (χ4v) is 6.02. The summed E-state index contributed by atoms with van der Waals surface area (Å²) in [6, 6.07) is -6.31. The highest BCUT2D eigenvalue weighted by molar-refractivity contribution is 5.96. The molecule has 6 amide bonds. The van der Waals surface area contributed by atoms with Gasteiger partial charge in [0.2, 0.25) is 35.4 Å². The minimum absolute atomic E-state index is 0.0306. The average Bonchev–Trinajstić information content (AvgIpc) is 3.23. The molecular weight excluding hydrogens is 877 g/mol. The van der Waals surface area contributed by atoms with Crippen molar-refractivity contribution in [3.8, 4) is 0 Å². The Labute approximate surface area is 389 Å². The molecule has 0 aliphatic heterocycles. The van der Waals surface area contributed by atoms with E-state index in [-0.39, 0.29) is 139 Å². The molecule has 67 heavy (non-hydrogen) atoms. The van der Waals surface area contributed by atoms with Crippen molar-refractivity contribution in [1.29, 1.82) is 0 Å². The maximum Gasteiger partial charge on any atom is 0.243 e. The molecule has 0 unspecified atom stereocenters. The van der Waals surface area contributed by atoms with E-state index in [0.717, 1.165) is 0 Å². The van der Waals surface area contributed by atoms with Crippen LogP contribution in [0.25, 0.3) is 0 Å². The van der Waals surface area contributed by atoms with Gasteiger partial charge in [0.25, 0.3) is 0 Å². The van der Waals surface area contributed by atoms with Gasteiger partial charge in [-0.05, 0) is 77.0 Å². The van der Waals surface area contributed by atoms with E-state index < -0.39 is 71.6 Å². The second-order valence-electron chi connectivity index (χ2n) is 15.3. The summed E-state index contributed by atoms with van der Waals surface area (Å²) < 4.78 is 0. The third-order valence-electron chi connectivity index (χ3n) is 9.46. The zero-order chi connectivity index (χ0) is 50.9. The van der Waals surface area contributed by atoms with E-state index in [2.05, 4.69) is 56.5 Å².